The zero-order valence-electron chi connectivity index (χ0n) is 8.86. The molecule has 3 N–H and O–H groups in total. The van der Waals surface area contributed by atoms with E-state index in [1.54, 1.807) is 20.1 Å². The topological polar surface area (TPSA) is 77.2 Å². The Morgan fingerprint density at radius 2 is 2.40 bits per heavy atom. The van der Waals surface area contributed by atoms with Gasteiger partial charge in [0, 0.05) is 12.6 Å². The number of nitrogens with one attached hydrogen (secondary N) is 1. The maximum atomic E-state index is 10.8. The highest BCUT2D eigenvalue weighted by Crippen LogP contribution is 2.06. The SMILES string of the molecule is COc1cccc(CNC(C)C(N)=O)n1. The molecule has 0 aliphatic heterocycles. The number of ether oxygens (including phenoxy) is 1. The number of nitrogens with zero attached hydrogens (tertiary/aromatic N) is 1. The summed E-state index contributed by atoms with van der Waals surface area (Å²) in [6, 6.07) is 5.10. The molecule has 1 amide bonds. The average Bonchev–Trinajstić information content (AvgIpc) is 2.26. The predicted octanol–water partition coefficient (Wildman–Crippen LogP) is 0.0536. The molecule has 1 heterocycles. The average molecular weight is 209 g/mol. The molecule has 0 saturated carbocycles. The molecule has 1 aromatic rings. The molecule has 0 aromatic carbocycles. The fourth-order valence-corrected chi connectivity index (χ4v) is 1.03. The summed E-state index contributed by atoms with van der Waals surface area (Å²) in [5.74, 6) is 0.180. The van der Waals surface area contributed by atoms with Gasteiger partial charge in [-0.05, 0) is 13.0 Å². The Hall–Kier alpha value is -1.62. The second-order valence-electron chi connectivity index (χ2n) is 3.18. The van der Waals surface area contributed by atoms with E-state index in [9.17, 15) is 4.79 Å². The van der Waals surface area contributed by atoms with Crippen LogP contribution in [-0.4, -0.2) is 24.0 Å². The normalized spacial score (nSPS) is 12.1. The first-order valence-corrected chi connectivity index (χ1v) is 4.66. The third-order valence-electron chi connectivity index (χ3n) is 2.01. The van der Waals surface area contributed by atoms with Gasteiger partial charge in [-0.15, -0.1) is 0 Å². The number of primary amides is 1. The van der Waals surface area contributed by atoms with Crippen LogP contribution in [0, 0.1) is 0 Å². The fraction of sp³-hybridized carbons (Fsp3) is 0.400. The molecule has 0 aliphatic rings. The van der Waals surface area contributed by atoms with Crippen molar-refractivity contribution in [3.05, 3.63) is 23.9 Å². The van der Waals surface area contributed by atoms with E-state index in [2.05, 4.69) is 10.3 Å². The highest BCUT2D eigenvalue weighted by atomic mass is 16.5. The molecule has 82 valence electrons. The van der Waals surface area contributed by atoms with Crippen LogP contribution < -0.4 is 15.8 Å². The molecule has 0 aliphatic carbocycles. The number of methoxy groups -OCH3 is 1. The minimum Gasteiger partial charge on any atom is -0.481 e. The van der Waals surface area contributed by atoms with E-state index < -0.39 is 0 Å². The predicted molar refractivity (Wildman–Crippen MR) is 56.3 cm³/mol. The van der Waals surface area contributed by atoms with Crippen molar-refractivity contribution in [1.29, 1.82) is 0 Å². The Morgan fingerprint density at radius 3 is 3.00 bits per heavy atom. The smallest absolute Gasteiger partial charge is 0.234 e. The lowest BCUT2D eigenvalue weighted by molar-refractivity contribution is -0.119. The number of nitrogens with two attached hydrogens (primary N) is 1. The van der Waals surface area contributed by atoms with Gasteiger partial charge < -0.3 is 15.8 Å². The van der Waals surface area contributed by atoms with Crippen molar-refractivity contribution in [2.24, 2.45) is 5.73 Å². The van der Waals surface area contributed by atoms with Crippen molar-refractivity contribution in [2.45, 2.75) is 19.5 Å². The molecule has 5 heteroatoms. The first-order valence-electron chi connectivity index (χ1n) is 4.66. The molecule has 1 rings (SSSR count). The second kappa shape index (κ2) is 5.31. The van der Waals surface area contributed by atoms with Gasteiger partial charge in [0.1, 0.15) is 0 Å². The summed E-state index contributed by atoms with van der Waals surface area (Å²) in [6.07, 6.45) is 0. The number of carbonyl (C=O) groups excluding carboxylic acids is 1. The molecule has 5 nitrogen and oxygen atoms in total. The van der Waals surface area contributed by atoms with E-state index >= 15 is 0 Å². The molecule has 1 unspecified atom stereocenters. The first kappa shape index (κ1) is 11.5. The standard InChI is InChI=1S/C10H15N3O2/c1-7(10(11)14)12-6-8-4-3-5-9(13-8)15-2/h3-5,7,12H,6H2,1-2H3,(H2,11,14). The molecule has 15 heavy (non-hydrogen) atoms. The van der Waals surface area contributed by atoms with E-state index in [1.165, 1.54) is 0 Å². The van der Waals surface area contributed by atoms with E-state index in [1.807, 2.05) is 12.1 Å². The van der Waals surface area contributed by atoms with Crippen LogP contribution in [0.15, 0.2) is 18.2 Å². The number of pyridine rings is 1. The number of amides is 1. The van der Waals surface area contributed by atoms with E-state index in [-0.39, 0.29) is 11.9 Å². The van der Waals surface area contributed by atoms with Crippen LogP contribution in [0.4, 0.5) is 0 Å². The number of rotatable bonds is 5. The van der Waals surface area contributed by atoms with Gasteiger partial charge in [0.15, 0.2) is 0 Å². The Kier molecular flexibility index (Phi) is 4.05. The van der Waals surface area contributed by atoms with Crippen LogP contribution in [0.25, 0.3) is 0 Å². The summed E-state index contributed by atoms with van der Waals surface area (Å²) in [5, 5.41) is 2.96. The van der Waals surface area contributed by atoms with Crippen LogP contribution in [0.1, 0.15) is 12.6 Å². The molecule has 0 saturated heterocycles. The zero-order valence-corrected chi connectivity index (χ0v) is 8.86. The largest absolute Gasteiger partial charge is 0.481 e. The van der Waals surface area contributed by atoms with Gasteiger partial charge in [0.2, 0.25) is 11.8 Å². The third kappa shape index (κ3) is 3.55. The molecule has 1 aromatic heterocycles. The minimum absolute atomic E-state index is 0.363. The molecular formula is C10H15N3O2. The van der Waals surface area contributed by atoms with E-state index in [4.69, 9.17) is 10.5 Å². The van der Waals surface area contributed by atoms with Gasteiger partial charge in [-0.2, -0.15) is 0 Å². The van der Waals surface area contributed by atoms with Gasteiger partial charge in [-0.25, -0.2) is 4.98 Å². The molecule has 1 atom stereocenters. The fourth-order valence-electron chi connectivity index (χ4n) is 1.03. The summed E-state index contributed by atoms with van der Waals surface area (Å²) in [4.78, 5) is 14.9. The highest BCUT2D eigenvalue weighted by molar-refractivity contribution is 5.79. The highest BCUT2D eigenvalue weighted by Gasteiger charge is 2.07. The van der Waals surface area contributed by atoms with E-state index in [0.717, 1.165) is 5.69 Å². The summed E-state index contributed by atoms with van der Waals surface area (Å²) < 4.78 is 4.98. The van der Waals surface area contributed by atoms with Crippen LogP contribution in [0.2, 0.25) is 0 Å². The monoisotopic (exact) mass is 209 g/mol. The van der Waals surface area contributed by atoms with Gasteiger partial charge in [-0.1, -0.05) is 6.07 Å². The van der Waals surface area contributed by atoms with Gasteiger partial charge in [0.05, 0.1) is 18.8 Å². The Bertz CT molecular complexity index is 341. The number of hydrogen-bond donors (Lipinski definition) is 2. The minimum atomic E-state index is -0.377. The van der Waals surface area contributed by atoms with Gasteiger partial charge >= 0.3 is 0 Å². The molecule has 0 fully saturated rings. The van der Waals surface area contributed by atoms with Crippen LogP contribution in [0.3, 0.4) is 0 Å². The van der Waals surface area contributed by atoms with Gasteiger partial charge in [0.25, 0.3) is 0 Å². The van der Waals surface area contributed by atoms with Crippen molar-refractivity contribution in [2.75, 3.05) is 7.11 Å². The zero-order chi connectivity index (χ0) is 11.3. The molecular weight excluding hydrogens is 194 g/mol. The maximum Gasteiger partial charge on any atom is 0.234 e. The molecule has 0 radical (unpaired) electrons. The van der Waals surface area contributed by atoms with Crippen molar-refractivity contribution in [1.82, 2.24) is 10.3 Å². The second-order valence-corrected chi connectivity index (χ2v) is 3.18. The lowest BCUT2D eigenvalue weighted by atomic mass is 10.3. The number of aromatic nitrogens is 1. The van der Waals surface area contributed by atoms with Crippen molar-refractivity contribution >= 4 is 5.91 Å². The van der Waals surface area contributed by atoms with Crippen molar-refractivity contribution in [3.63, 3.8) is 0 Å². The number of carbonyl (C=O) groups is 1. The number of hydrogen-bond acceptors (Lipinski definition) is 4. The first-order chi connectivity index (χ1) is 7.13. The summed E-state index contributed by atoms with van der Waals surface area (Å²) >= 11 is 0. The molecule has 0 spiro atoms. The van der Waals surface area contributed by atoms with Crippen LogP contribution in [0.5, 0.6) is 5.88 Å². The maximum absolute atomic E-state index is 10.8. The third-order valence-corrected chi connectivity index (χ3v) is 2.01. The Labute approximate surface area is 88.6 Å². The lowest BCUT2D eigenvalue weighted by Gasteiger charge is -2.09. The quantitative estimate of drug-likeness (QED) is 0.718. The Balaban J connectivity index is 2.53. The lowest BCUT2D eigenvalue weighted by Crippen LogP contribution is -2.38. The Morgan fingerprint density at radius 1 is 1.67 bits per heavy atom. The van der Waals surface area contributed by atoms with Gasteiger partial charge in [-0.3, -0.25) is 4.79 Å². The van der Waals surface area contributed by atoms with Crippen molar-refractivity contribution in [3.8, 4) is 5.88 Å². The van der Waals surface area contributed by atoms with Crippen molar-refractivity contribution < 1.29 is 9.53 Å². The van der Waals surface area contributed by atoms with Crippen LogP contribution >= 0.6 is 0 Å². The summed E-state index contributed by atoms with van der Waals surface area (Å²) in [6.45, 7) is 2.20. The summed E-state index contributed by atoms with van der Waals surface area (Å²) in [5.41, 5.74) is 5.92. The molecule has 0 bridgehead atoms. The van der Waals surface area contributed by atoms with E-state index in [0.29, 0.717) is 12.4 Å². The summed E-state index contributed by atoms with van der Waals surface area (Å²) in [7, 11) is 1.56. The van der Waals surface area contributed by atoms with Crippen LogP contribution in [-0.2, 0) is 11.3 Å².